The van der Waals surface area contributed by atoms with E-state index >= 15 is 0 Å². The number of aromatic nitrogens is 3. The lowest BCUT2D eigenvalue weighted by Crippen LogP contribution is -2.06. The van der Waals surface area contributed by atoms with Gasteiger partial charge in [0.05, 0.1) is 16.1 Å². The van der Waals surface area contributed by atoms with Gasteiger partial charge in [-0.1, -0.05) is 28.9 Å². The Morgan fingerprint density at radius 1 is 1.03 bits per heavy atom. The molecule has 0 amide bonds. The van der Waals surface area contributed by atoms with E-state index in [0.29, 0.717) is 28.9 Å². The van der Waals surface area contributed by atoms with Crippen molar-refractivity contribution in [1.82, 2.24) is 15.0 Å². The van der Waals surface area contributed by atoms with Gasteiger partial charge in [-0.05, 0) is 36.4 Å². The molecule has 0 aliphatic rings. The van der Waals surface area contributed by atoms with Gasteiger partial charge < -0.3 is 9.84 Å². The molecule has 3 aromatic carbocycles. The van der Waals surface area contributed by atoms with Crippen LogP contribution in [0.15, 0.2) is 54.6 Å². The first kappa shape index (κ1) is 19.0. The van der Waals surface area contributed by atoms with Crippen molar-refractivity contribution in [2.45, 2.75) is 6.18 Å². The van der Waals surface area contributed by atoms with E-state index in [0.717, 1.165) is 0 Å². The molecule has 0 saturated heterocycles. The quantitative estimate of drug-likeness (QED) is 0.427. The van der Waals surface area contributed by atoms with Crippen LogP contribution in [0.25, 0.3) is 16.7 Å². The summed E-state index contributed by atoms with van der Waals surface area (Å²) in [5, 5.41) is 17.5. The van der Waals surface area contributed by atoms with Gasteiger partial charge in [-0.2, -0.15) is 13.2 Å². The van der Waals surface area contributed by atoms with Crippen LogP contribution in [0.4, 0.5) is 17.6 Å². The minimum absolute atomic E-state index is 0.0394. The van der Waals surface area contributed by atoms with Crippen LogP contribution in [0, 0.1) is 5.82 Å². The number of halogens is 5. The fourth-order valence-electron chi connectivity index (χ4n) is 2.72. The van der Waals surface area contributed by atoms with E-state index in [9.17, 15) is 22.7 Å². The van der Waals surface area contributed by atoms with E-state index in [1.54, 1.807) is 18.2 Å². The number of phenolic OH excluding ortho intramolecular Hbond substituents is 1. The summed E-state index contributed by atoms with van der Waals surface area (Å²) < 4.78 is 59.3. The summed E-state index contributed by atoms with van der Waals surface area (Å²) >= 11 is 5.81. The Labute approximate surface area is 165 Å². The highest BCUT2D eigenvalue weighted by Gasteiger charge is 2.32. The predicted octanol–water partition coefficient (Wildman–Crippen LogP) is 5.73. The van der Waals surface area contributed by atoms with Gasteiger partial charge in [0.2, 0.25) is 0 Å². The van der Waals surface area contributed by atoms with Crippen LogP contribution >= 0.6 is 11.6 Å². The number of hydrogen-bond donors (Lipinski definition) is 1. The maximum absolute atomic E-state index is 14.2. The second-order valence-corrected chi connectivity index (χ2v) is 6.42. The number of benzene rings is 3. The molecular formula is C19H10ClF4N3O2. The van der Waals surface area contributed by atoms with Crippen LogP contribution in [0.3, 0.4) is 0 Å². The van der Waals surface area contributed by atoms with Gasteiger partial charge in [-0.25, -0.2) is 9.07 Å². The number of hydrogen-bond acceptors (Lipinski definition) is 4. The molecule has 0 aliphatic carbocycles. The van der Waals surface area contributed by atoms with E-state index in [1.807, 2.05) is 0 Å². The third-order valence-electron chi connectivity index (χ3n) is 4.07. The highest BCUT2D eigenvalue weighted by Crippen LogP contribution is 2.39. The molecule has 10 heteroatoms. The van der Waals surface area contributed by atoms with Gasteiger partial charge in [0.1, 0.15) is 22.7 Å². The predicted molar refractivity (Wildman–Crippen MR) is 97.0 cm³/mol. The van der Waals surface area contributed by atoms with Gasteiger partial charge in [0.15, 0.2) is 11.6 Å². The molecule has 0 radical (unpaired) electrons. The van der Waals surface area contributed by atoms with Gasteiger partial charge in [-0.3, -0.25) is 0 Å². The minimum Gasteiger partial charge on any atom is -0.506 e. The zero-order chi connectivity index (χ0) is 20.8. The molecule has 1 aromatic heterocycles. The van der Waals surface area contributed by atoms with Crippen LogP contribution in [0.1, 0.15) is 5.56 Å². The number of fused-ring (bicyclic) bond motifs is 1. The normalized spacial score (nSPS) is 11.8. The first-order valence-electron chi connectivity index (χ1n) is 8.12. The summed E-state index contributed by atoms with van der Waals surface area (Å²) in [5.74, 6) is -1.74. The lowest BCUT2D eigenvalue weighted by atomic mass is 10.2. The van der Waals surface area contributed by atoms with Crippen LogP contribution in [0.2, 0.25) is 5.02 Å². The summed E-state index contributed by atoms with van der Waals surface area (Å²) in [5.41, 5.74) is 0.0163. The number of alkyl halides is 3. The van der Waals surface area contributed by atoms with Gasteiger partial charge in [-0.15, -0.1) is 5.10 Å². The third-order valence-corrected chi connectivity index (χ3v) is 4.35. The van der Waals surface area contributed by atoms with Crippen molar-refractivity contribution in [2.75, 3.05) is 0 Å². The number of aromatic hydroxyl groups is 1. The monoisotopic (exact) mass is 423 g/mol. The standard InChI is InChI=1S/C19H10ClF4N3O2/c20-12-7-10(19(22,23)24)8-13(21)18(12)29-11-5-6-14-16(9-11)27(26-25-14)15-3-1-2-4-17(15)28/h1-9,28H. The van der Waals surface area contributed by atoms with E-state index in [-0.39, 0.29) is 11.5 Å². The molecule has 1 heterocycles. The topological polar surface area (TPSA) is 60.2 Å². The van der Waals surface area contributed by atoms with Crippen molar-refractivity contribution in [2.24, 2.45) is 0 Å². The van der Waals surface area contributed by atoms with Crippen molar-refractivity contribution >= 4 is 22.6 Å². The fraction of sp³-hybridized carbons (Fsp3) is 0.0526. The van der Waals surface area contributed by atoms with Crippen molar-refractivity contribution in [3.8, 4) is 22.9 Å². The summed E-state index contributed by atoms with van der Waals surface area (Å²) in [6.07, 6.45) is -4.74. The number of nitrogens with zero attached hydrogens (tertiary/aromatic N) is 3. The van der Waals surface area contributed by atoms with Crippen LogP contribution < -0.4 is 4.74 Å². The summed E-state index contributed by atoms with van der Waals surface area (Å²) in [6, 6.07) is 11.8. The fourth-order valence-corrected chi connectivity index (χ4v) is 2.97. The molecular weight excluding hydrogens is 414 g/mol. The molecule has 0 spiro atoms. The van der Waals surface area contributed by atoms with Crippen LogP contribution in [-0.2, 0) is 6.18 Å². The molecule has 29 heavy (non-hydrogen) atoms. The smallest absolute Gasteiger partial charge is 0.416 e. The Hall–Kier alpha value is -3.33. The van der Waals surface area contributed by atoms with Crippen LogP contribution in [-0.4, -0.2) is 20.1 Å². The van der Waals surface area contributed by atoms with E-state index in [4.69, 9.17) is 16.3 Å². The summed E-state index contributed by atoms with van der Waals surface area (Å²) in [4.78, 5) is 0. The van der Waals surface area contributed by atoms with Gasteiger partial charge >= 0.3 is 6.18 Å². The molecule has 4 rings (SSSR count). The molecule has 148 valence electrons. The van der Waals surface area contributed by atoms with Crippen molar-refractivity contribution in [1.29, 1.82) is 0 Å². The maximum Gasteiger partial charge on any atom is 0.416 e. The molecule has 5 nitrogen and oxygen atoms in total. The zero-order valence-electron chi connectivity index (χ0n) is 14.3. The lowest BCUT2D eigenvalue weighted by molar-refractivity contribution is -0.137. The minimum atomic E-state index is -4.74. The van der Waals surface area contributed by atoms with Crippen LogP contribution in [0.5, 0.6) is 17.2 Å². The molecule has 0 atom stereocenters. The average molecular weight is 424 g/mol. The molecule has 0 aliphatic heterocycles. The molecule has 0 fully saturated rings. The first-order valence-corrected chi connectivity index (χ1v) is 8.50. The van der Waals surface area contributed by atoms with Gasteiger partial charge in [0.25, 0.3) is 0 Å². The van der Waals surface area contributed by atoms with E-state index in [1.165, 1.54) is 28.9 Å². The first-order chi connectivity index (χ1) is 13.7. The van der Waals surface area contributed by atoms with Crippen molar-refractivity contribution in [3.63, 3.8) is 0 Å². The highest BCUT2D eigenvalue weighted by molar-refractivity contribution is 6.32. The summed E-state index contributed by atoms with van der Waals surface area (Å²) in [7, 11) is 0. The number of ether oxygens (including phenoxy) is 1. The largest absolute Gasteiger partial charge is 0.506 e. The SMILES string of the molecule is Oc1ccccc1-n1nnc2ccc(Oc3c(F)cc(C(F)(F)F)cc3Cl)cc21. The molecule has 0 saturated carbocycles. The van der Waals surface area contributed by atoms with Crippen molar-refractivity contribution < 1.29 is 27.4 Å². The molecule has 0 unspecified atom stereocenters. The number of para-hydroxylation sites is 2. The lowest BCUT2D eigenvalue weighted by Gasteiger charge is -2.12. The summed E-state index contributed by atoms with van der Waals surface area (Å²) in [6.45, 7) is 0. The Morgan fingerprint density at radius 2 is 1.79 bits per heavy atom. The second-order valence-electron chi connectivity index (χ2n) is 6.01. The van der Waals surface area contributed by atoms with Gasteiger partial charge in [0, 0.05) is 6.07 Å². The molecule has 0 bridgehead atoms. The van der Waals surface area contributed by atoms with E-state index in [2.05, 4.69) is 10.3 Å². The maximum atomic E-state index is 14.2. The average Bonchev–Trinajstić information content (AvgIpc) is 3.07. The number of phenols is 1. The Balaban J connectivity index is 1.75. The molecule has 1 N–H and O–H groups in total. The Morgan fingerprint density at radius 3 is 2.48 bits per heavy atom. The van der Waals surface area contributed by atoms with E-state index < -0.39 is 28.3 Å². The Bertz CT molecular complexity index is 1200. The second kappa shape index (κ2) is 6.93. The highest BCUT2D eigenvalue weighted by atomic mass is 35.5. The zero-order valence-corrected chi connectivity index (χ0v) is 15.0. The van der Waals surface area contributed by atoms with Crippen molar-refractivity contribution in [3.05, 3.63) is 71.0 Å². The third kappa shape index (κ3) is 3.56. The Kier molecular flexibility index (Phi) is 4.54. The number of rotatable bonds is 3. The molecule has 4 aromatic rings.